The van der Waals surface area contributed by atoms with E-state index in [4.69, 9.17) is 0 Å². The number of carbonyl (C=O) groups is 1. The van der Waals surface area contributed by atoms with Gasteiger partial charge in [0.15, 0.2) is 5.82 Å². The Kier molecular flexibility index (Phi) is 2.27. The van der Waals surface area contributed by atoms with Gasteiger partial charge in [-0.25, -0.2) is 9.78 Å². The number of thiazole rings is 1. The van der Waals surface area contributed by atoms with Crippen LogP contribution in [0.4, 0.5) is 4.79 Å². The lowest BCUT2D eigenvalue weighted by Crippen LogP contribution is -2.40. The van der Waals surface area contributed by atoms with Gasteiger partial charge in [0.05, 0.1) is 16.9 Å². The number of nitrogens with zero attached hydrogens (tertiary/aromatic N) is 5. The molecule has 2 aliphatic rings. The molecule has 0 saturated heterocycles. The van der Waals surface area contributed by atoms with Crippen LogP contribution in [0.15, 0.2) is 40.4 Å². The van der Waals surface area contributed by atoms with Gasteiger partial charge in [0, 0.05) is 7.05 Å². The quantitative estimate of drug-likeness (QED) is 0.873. The molecule has 2 aliphatic heterocycles. The van der Waals surface area contributed by atoms with Crippen molar-refractivity contribution in [1.82, 2.24) is 20.2 Å². The van der Waals surface area contributed by atoms with Crippen molar-refractivity contribution in [1.29, 1.82) is 0 Å². The number of rotatable bonds is 1. The Morgan fingerprint density at radius 3 is 3.05 bits per heavy atom. The highest BCUT2D eigenvalue weighted by atomic mass is 32.1. The van der Waals surface area contributed by atoms with Gasteiger partial charge in [-0.05, 0) is 12.1 Å². The second-order valence-corrected chi connectivity index (χ2v) is 5.47. The maximum Gasteiger partial charge on any atom is 0.348 e. The van der Waals surface area contributed by atoms with E-state index in [0.717, 1.165) is 20.9 Å². The molecule has 20 heavy (non-hydrogen) atoms. The van der Waals surface area contributed by atoms with E-state index in [1.54, 1.807) is 23.3 Å². The number of hydrogen-bond acceptors (Lipinski definition) is 6. The SMILES string of the molecule is CN1N=NC2=C(c3nc4ccccc4s3)NCN2C1=O. The lowest BCUT2D eigenvalue weighted by Gasteiger charge is -2.23. The van der Waals surface area contributed by atoms with Crippen LogP contribution in [0.1, 0.15) is 5.01 Å². The highest BCUT2D eigenvalue weighted by molar-refractivity contribution is 7.19. The minimum Gasteiger partial charge on any atom is -0.362 e. The average molecular weight is 286 g/mol. The Balaban J connectivity index is 1.85. The molecule has 0 radical (unpaired) electrons. The first kappa shape index (κ1) is 11.4. The summed E-state index contributed by atoms with van der Waals surface area (Å²) in [4.78, 5) is 18.1. The summed E-state index contributed by atoms with van der Waals surface area (Å²) in [5.41, 5.74) is 1.70. The number of fused-ring (bicyclic) bond motifs is 2. The number of amides is 2. The Morgan fingerprint density at radius 2 is 2.20 bits per heavy atom. The van der Waals surface area contributed by atoms with Crippen LogP contribution >= 0.6 is 11.3 Å². The molecule has 0 fully saturated rings. The molecule has 100 valence electrons. The maximum atomic E-state index is 12.0. The average Bonchev–Trinajstić information content (AvgIpc) is 3.06. The molecule has 0 unspecified atom stereocenters. The van der Waals surface area contributed by atoms with E-state index < -0.39 is 0 Å². The fraction of sp³-hybridized carbons (Fsp3) is 0.167. The van der Waals surface area contributed by atoms with Gasteiger partial charge in [0.2, 0.25) is 0 Å². The predicted octanol–water partition coefficient (Wildman–Crippen LogP) is 2.22. The summed E-state index contributed by atoms with van der Waals surface area (Å²) in [6.07, 6.45) is 0. The van der Waals surface area contributed by atoms with Crippen LogP contribution in [0.2, 0.25) is 0 Å². The summed E-state index contributed by atoms with van der Waals surface area (Å²) < 4.78 is 1.10. The van der Waals surface area contributed by atoms with Crippen molar-refractivity contribution in [3.8, 4) is 0 Å². The number of para-hydroxylation sites is 1. The highest BCUT2D eigenvalue weighted by Gasteiger charge is 2.34. The molecule has 0 saturated carbocycles. The minimum atomic E-state index is -0.196. The fourth-order valence-electron chi connectivity index (χ4n) is 2.18. The zero-order chi connectivity index (χ0) is 13.7. The molecule has 2 aromatic rings. The number of benzene rings is 1. The minimum absolute atomic E-state index is 0.196. The van der Waals surface area contributed by atoms with Gasteiger partial charge >= 0.3 is 6.03 Å². The molecule has 4 rings (SSSR count). The third-order valence-electron chi connectivity index (χ3n) is 3.18. The first-order chi connectivity index (χ1) is 9.74. The van der Waals surface area contributed by atoms with E-state index in [0.29, 0.717) is 12.5 Å². The van der Waals surface area contributed by atoms with Gasteiger partial charge in [0.25, 0.3) is 0 Å². The second-order valence-electron chi connectivity index (χ2n) is 4.44. The third-order valence-corrected chi connectivity index (χ3v) is 4.24. The molecule has 1 aromatic heterocycles. The largest absolute Gasteiger partial charge is 0.362 e. The van der Waals surface area contributed by atoms with E-state index >= 15 is 0 Å². The summed E-state index contributed by atoms with van der Waals surface area (Å²) in [5, 5.41) is 13.1. The lowest BCUT2D eigenvalue weighted by molar-refractivity contribution is 0.165. The van der Waals surface area contributed by atoms with E-state index in [1.807, 2.05) is 24.3 Å². The highest BCUT2D eigenvalue weighted by Crippen LogP contribution is 2.33. The fourth-order valence-corrected chi connectivity index (χ4v) is 3.16. The second kappa shape index (κ2) is 4.01. The molecule has 0 aliphatic carbocycles. The molecule has 8 heteroatoms. The first-order valence-electron chi connectivity index (χ1n) is 6.05. The summed E-state index contributed by atoms with van der Waals surface area (Å²) in [6.45, 7) is 0.392. The zero-order valence-corrected chi connectivity index (χ0v) is 11.4. The summed E-state index contributed by atoms with van der Waals surface area (Å²) in [7, 11) is 1.58. The van der Waals surface area contributed by atoms with Crippen molar-refractivity contribution in [3.63, 3.8) is 0 Å². The van der Waals surface area contributed by atoms with Crippen LogP contribution in [0.25, 0.3) is 15.9 Å². The van der Waals surface area contributed by atoms with E-state index in [-0.39, 0.29) is 6.03 Å². The Bertz CT molecular complexity index is 746. The summed E-state index contributed by atoms with van der Waals surface area (Å²) in [5.74, 6) is 0.534. The first-order valence-corrected chi connectivity index (χ1v) is 6.86. The Morgan fingerprint density at radius 1 is 1.35 bits per heavy atom. The van der Waals surface area contributed by atoms with Crippen LogP contribution in [0, 0.1) is 0 Å². The van der Waals surface area contributed by atoms with Gasteiger partial charge in [-0.1, -0.05) is 17.4 Å². The van der Waals surface area contributed by atoms with Gasteiger partial charge in [0.1, 0.15) is 10.7 Å². The molecule has 2 amide bonds. The van der Waals surface area contributed by atoms with Crippen molar-refractivity contribution in [2.24, 2.45) is 10.3 Å². The summed E-state index contributed by atoms with van der Waals surface area (Å²) in [6, 6.07) is 7.73. The zero-order valence-electron chi connectivity index (χ0n) is 10.6. The number of nitrogens with one attached hydrogen (secondary N) is 1. The van der Waals surface area contributed by atoms with Crippen LogP contribution < -0.4 is 5.32 Å². The number of hydrogen-bond donors (Lipinski definition) is 1. The molecule has 1 N–H and O–H groups in total. The molecular weight excluding hydrogens is 276 g/mol. The van der Waals surface area contributed by atoms with Crippen LogP contribution in [0.5, 0.6) is 0 Å². The number of carbonyl (C=O) groups excluding carboxylic acids is 1. The third kappa shape index (κ3) is 1.51. The number of aromatic nitrogens is 1. The molecular formula is C12H10N6OS. The predicted molar refractivity (Wildman–Crippen MR) is 74.4 cm³/mol. The van der Waals surface area contributed by atoms with E-state index in [9.17, 15) is 4.79 Å². The van der Waals surface area contributed by atoms with Crippen molar-refractivity contribution in [2.45, 2.75) is 0 Å². The van der Waals surface area contributed by atoms with Crippen molar-refractivity contribution in [3.05, 3.63) is 35.1 Å². The molecule has 0 bridgehead atoms. The maximum absolute atomic E-state index is 12.0. The normalized spacial score (nSPS) is 17.9. The molecule has 1 aromatic carbocycles. The van der Waals surface area contributed by atoms with Crippen LogP contribution in [0.3, 0.4) is 0 Å². The molecule has 7 nitrogen and oxygen atoms in total. The molecule has 3 heterocycles. The summed E-state index contributed by atoms with van der Waals surface area (Å²) >= 11 is 1.57. The van der Waals surface area contributed by atoms with E-state index in [1.165, 1.54) is 5.01 Å². The van der Waals surface area contributed by atoms with Crippen molar-refractivity contribution < 1.29 is 4.79 Å². The Labute approximate surface area is 118 Å². The van der Waals surface area contributed by atoms with Gasteiger partial charge in [-0.15, -0.1) is 16.5 Å². The lowest BCUT2D eigenvalue weighted by atomic mass is 10.3. The smallest absolute Gasteiger partial charge is 0.348 e. The Hall–Kier alpha value is -2.48. The standard InChI is InChI=1S/C12H10N6OS/c1-17-12(19)18-6-13-9(10(18)15-16-17)11-14-7-4-2-3-5-8(7)20-11/h2-5,13H,6H2,1H3. The van der Waals surface area contributed by atoms with Gasteiger partial charge in [-0.2, -0.15) is 5.01 Å². The molecule has 0 spiro atoms. The number of urea groups is 1. The van der Waals surface area contributed by atoms with Crippen LogP contribution in [-0.4, -0.2) is 34.6 Å². The van der Waals surface area contributed by atoms with Gasteiger partial charge in [-0.3, -0.25) is 4.90 Å². The molecule has 0 atom stereocenters. The topological polar surface area (TPSA) is 73.2 Å². The van der Waals surface area contributed by atoms with Crippen LogP contribution in [-0.2, 0) is 0 Å². The monoisotopic (exact) mass is 286 g/mol. The van der Waals surface area contributed by atoms with Gasteiger partial charge < -0.3 is 5.32 Å². The van der Waals surface area contributed by atoms with Crippen molar-refractivity contribution >= 4 is 33.3 Å². The van der Waals surface area contributed by atoms with Crippen molar-refractivity contribution in [2.75, 3.05) is 13.7 Å². The van der Waals surface area contributed by atoms with E-state index in [2.05, 4.69) is 20.6 Å².